The molecule has 8 aromatic rings. The highest BCUT2D eigenvalue weighted by atomic mass is 14.9. The summed E-state index contributed by atoms with van der Waals surface area (Å²) in [5.41, 5.74) is 7.27. The normalized spacial score (nSPS) is 12.4. The Labute approximate surface area is 257 Å². The Balaban J connectivity index is 1.26. The zero-order chi connectivity index (χ0) is 29.5. The lowest BCUT2D eigenvalue weighted by atomic mass is 9.91. The molecule has 0 bridgehead atoms. The van der Waals surface area contributed by atoms with E-state index < -0.39 is 0 Å². The third-order valence-electron chi connectivity index (χ3n) is 8.75. The first-order valence-electron chi connectivity index (χ1n) is 15.2. The van der Waals surface area contributed by atoms with E-state index in [0.29, 0.717) is 0 Å². The van der Waals surface area contributed by atoms with Crippen molar-refractivity contribution in [3.05, 3.63) is 164 Å². The number of hydrogen-bond acceptors (Lipinski definition) is 0. The van der Waals surface area contributed by atoms with Gasteiger partial charge in [0.2, 0.25) is 0 Å². The SMILES string of the molecule is C\C=C/C=C\C=C\n1c2ccccc2c2ccc(-c3cccc(-c4ccc5c6ccccc6c6ccccc6c5c4)c3)cc21. The summed E-state index contributed by atoms with van der Waals surface area (Å²) in [6.45, 7) is 2.03. The van der Waals surface area contributed by atoms with Crippen LogP contribution in [0.4, 0.5) is 0 Å². The lowest BCUT2D eigenvalue weighted by Crippen LogP contribution is -1.87. The molecule has 7 aromatic carbocycles. The highest BCUT2D eigenvalue weighted by molar-refractivity contribution is 6.25. The number of para-hydroxylation sites is 1. The molecule has 0 fully saturated rings. The van der Waals surface area contributed by atoms with Crippen molar-refractivity contribution in [3.8, 4) is 22.3 Å². The summed E-state index contributed by atoms with van der Waals surface area (Å²) in [5, 5.41) is 10.3. The summed E-state index contributed by atoms with van der Waals surface area (Å²) in [4.78, 5) is 0. The first kappa shape index (κ1) is 26.0. The molecule has 0 atom stereocenters. The maximum absolute atomic E-state index is 2.37. The van der Waals surface area contributed by atoms with Crippen LogP contribution in [0.3, 0.4) is 0 Å². The average molecular weight is 562 g/mol. The van der Waals surface area contributed by atoms with Crippen molar-refractivity contribution in [3.63, 3.8) is 0 Å². The maximum Gasteiger partial charge on any atom is 0.0541 e. The van der Waals surface area contributed by atoms with Gasteiger partial charge in [-0.15, -0.1) is 0 Å². The van der Waals surface area contributed by atoms with E-state index in [9.17, 15) is 0 Å². The zero-order valence-electron chi connectivity index (χ0n) is 24.6. The number of aromatic nitrogens is 1. The fourth-order valence-electron chi connectivity index (χ4n) is 6.68. The predicted molar refractivity (Wildman–Crippen MR) is 192 cm³/mol. The van der Waals surface area contributed by atoms with Crippen LogP contribution >= 0.6 is 0 Å². The van der Waals surface area contributed by atoms with Crippen molar-refractivity contribution in [2.24, 2.45) is 0 Å². The van der Waals surface area contributed by atoms with Crippen LogP contribution in [0.15, 0.2) is 164 Å². The van der Waals surface area contributed by atoms with Crippen LogP contribution in [-0.4, -0.2) is 4.57 Å². The van der Waals surface area contributed by atoms with E-state index in [1.807, 2.05) is 19.1 Å². The smallest absolute Gasteiger partial charge is 0.0541 e. The minimum absolute atomic E-state index is 1.20. The quantitative estimate of drug-likeness (QED) is 0.145. The summed E-state index contributed by atoms with van der Waals surface area (Å²) in [6, 6.07) is 48.9. The van der Waals surface area contributed by atoms with Gasteiger partial charge in [0, 0.05) is 17.0 Å². The van der Waals surface area contributed by atoms with Crippen molar-refractivity contribution < 1.29 is 0 Å². The molecule has 0 aliphatic carbocycles. The van der Waals surface area contributed by atoms with Gasteiger partial charge in [-0.2, -0.15) is 0 Å². The van der Waals surface area contributed by atoms with Crippen molar-refractivity contribution in [2.75, 3.05) is 0 Å². The minimum atomic E-state index is 1.20. The van der Waals surface area contributed by atoms with E-state index in [1.54, 1.807) is 0 Å². The summed E-state index contributed by atoms with van der Waals surface area (Å²) in [5.74, 6) is 0. The van der Waals surface area contributed by atoms with Gasteiger partial charge in [0.25, 0.3) is 0 Å². The van der Waals surface area contributed by atoms with Gasteiger partial charge >= 0.3 is 0 Å². The van der Waals surface area contributed by atoms with E-state index >= 15 is 0 Å². The fourth-order valence-corrected chi connectivity index (χ4v) is 6.68. The van der Waals surface area contributed by atoms with E-state index in [0.717, 1.165) is 0 Å². The van der Waals surface area contributed by atoms with Gasteiger partial charge < -0.3 is 4.57 Å². The molecule has 0 aliphatic heterocycles. The van der Waals surface area contributed by atoms with Crippen molar-refractivity contribution in [2.45, 2.75) is 6.92 Å². The molecule has 1 heteroatoms. The van der Waals surface area contributed by atoms with Gasteiger partial charge in [-0.1, -0.05) is 133 Å². The Morgan fingerprint density at radius 3 is 1.55 bits per heavy atom. The molecule has 0 spiro atoms. The third-order valence-corrected chi connectivity index (χ3v) is 8.75. The van der Waals surface area contributed by atoms with E-state index in [4.69, 9.17) is 0 Å². The van der Waals surface area contributed by atoms with Gasteiger partial charge in [0.05, 0.1) is 11.0 Å². The number of rotatable bonds is 5. The van der Waals surface area contributed by atoms with Crippen LogP contribution < -0.4 is 0 Å². The van der Waals surface area contributed by atoms with Crippen molar-refractivity contribution in [1.82, 2.24) is 4.57 Å². The Hall–Kier alpha value is -5.66. The molecule has 208 valence electrons. The molecule has 0 radical (unpaired) electrons. The lowest BCUT2D eigenvalue weighted by Gasteiger charge is -2.12. The second-order valence-electron chi connectivity index (χ2n) is 11.3. The number of hydrogen-bond donors (Lipinski definition) is 0. The van der Waals surface area contributed by atoms with E-state index in [2.05, 4.69) is 162 Å². The first-order valence-corrected chi connectivity index (χ1v) is 15.2. The molecule has 44 heavy (non-hydrogen) atoms. The molecule has 8 rings (SSSR count). The first-order chi connectivity index (χ1) is 21.8. The third kappa shape index (κ3) is 4.33. The molecule has 1 nitrogen and oxygen atoms in total. The summed E-state index contributed by atoms with van der Waals surface area (Å²) in [6.07, 6.45) is 12.5. The largest absolute Gasteiger partial charge is 0.316 e. The molecular formula is C43H31N. The standard InChI is InChI=1S/C43H31N/c1-2-3-4-5-12-26-44-42-21-11-10-20-39(42)40-25-23-33(29-43(40)44)31-15-13-14-30(27-31)32-22-24-38-36-18-7-6-16-34(36)35-17-8-9-19-37(35)41(38)28-32/h2-29H,1H3/b3-2-,5-4-,26-12+. The Kier molecular flexibility index (Phi) is 6.43. The van der Waals surface area contributed by atoms with Gasteiger partial charge in [0.1, 0.15) is 0 Å². The van der Waals surface area contributed by atoms with Crippen LogP contribution in [0.1, 0.15) is 6.92 Å². The summed E-state index contributed by atoms with van der Waals surface area (Å²) >= 11 is 0. The number of nitrogens with zero attached hydrogens (tertiary/aromatic N) is 1. The summed E-state index contributed by atoms with van der Waals surface area (Å²) in [7, 11) is 0. The van der Waals surface area contributed by atoms with Gasteiger partial charge in [-0.25, -0.2) is 0 Å². The van der Waals surface area contributed by atoms with E-state index in [-0.39, 0.29) is 0 Å². The zero-order valence-corrected chi connectivity index (χ0v) is 24.6. The number of fused-ring (bicyclic) bond motifs is 9. The monoisotopic (exact) mass is 561 g/mol. The predicted octanol–water partition coefficient (Wildman–Crippen LogP) is 12.2. The van der Waals surface area contributed by atoms with Crippen LogP contribution in [0.2, 0.25) is 0 Å². The molecule has 0 amide bonds. The molecule has 1 aromatic heterocycles. The maximum atomic E-state index is 2.37. The van der Waals surface area contributed by atoms with Crippen LogP contribution in [0.25, 0.3) is 82.6 Å². The van der Waals surface area contributed by atoms with Crippen LogP contribution in [0, 0.1) is 0 Å². The average Bonchev–Trinajstić information content (AvgIpc) is 3.41. The van der Waals surface area contributed by atoms with Crippen molar-refractivity contribution in [1.29, 1.82) is 0 Å². The highest BCUT2D eigenvalue weighted by Gasteiger charge is 2.12. The molecule has 0 unspecified atom stereocenters. The Morgan fingerprint density at radius 1 is 0.364 bits per heavy atom. The lowest BCUT2D eigenvalue weighted by molar-refractivity contribution is 1.29. The Morgan fingerprint density at radius 2 is 0.864 bits per heavy atom. The second kappa shape index (κ2) is 10.9. The van der Waals surface area contributed by atoms with Gasteiger partial charge in [-0.05, 0) is 91.8 Å². The Bertz CT molecular complexity index is 2410. The van der Waals surface area contributed by atoms with E-state index in [1.165, 1.54) is 76.4 Å². The van der Waals surface area contributed by atoms with Crippen LogP contribution in [-0.2, 0) is 0 Å². The molecule has 0 saturated heterocycles. The topological polar surface area (TPSA) is 4.93 Å². The van der Waals surface area contributed by atoms with Crippen LogP contribution in [0.5, 0.6) is 0 Å². The second-order valence-corrected chi connectivity index (χ2v) is 11.3. The summed E-state index contributed by atoms with van der Waals surface area (Å²) < 4.78 is 2.30. The number of allylic oxidation sites excluding steroid dienone is 5. The molecule has 0 N–H and O–H groups in total. The molecule has 0 aliphatic rings. The number of benzene rings is 7. The van der Waals surface area contributed by atoms with Gasteiger partial charge in [-0.3, -0.25) is 0 Å². The molecule has 1 heterocycles. The fraction of sp³-hybridized carbons (Fsp3) is 0.0233. The minimum Gasteiger partial charge on any atom is -0.316 e. The van der Waals surface area contributed by atoms with Gasteiger partial charge in [0.15, 0.2) is 0 Å². The molecular weight excluding hydrogens is 530 g/mol. The molecule has 0 saturated carbocycles. The van der Waals surface area contributed by atoms with Crippen molar-refractivity contribution >= 4 is 60.3 Å². The highest BCUT2D eigenvalue weighted by Crippen LogP contribution is 2.38.